The van der Waals surface area contributed by atoms with Crippen LogP contribution in [-0.4, -0.2) is 23.3 Å². The first-order chi connectivity index (χ1) is 14.1. The molecule has 29 heavy (non-hydrogen) atoms. The van der Waals surface area contributed by atoms with Crippen molar-refractivity contribution in [1.82, 2.24) is 4.90 Å². The molecule has 0 aliphatic carbocycles. The number of nitrogens with one attached hydrogen (secondary N) is 1. The molecule has 3 aromatic rings. The summed E-state index contributed by atoms with van der Waals surface area (Å²) in [6, 6.07) is 22.6. The fraction of sp³-hybridized carbons (Fsp3) is 0.167. The van der Waals surface area contributed by atoms with E-state index < -0.39 is 0 Å². The van der Waals surface area contributed by atoms with E-state index >= 15 is 0 Å². The van der Waals surface area contributed by atoms with E-state index in [1.807, 2.05) is 42.5 Å². The normalized spacial score (nSPS) is 12.9. The molecular weight excluding hydrogens is 362 g/mol. The number of anilines is 2. The lowest BCUT2D eigenvalue weighted by Crippen LogP contribution is -2.39. The number of benzene rings is 3. The molecule has 0 aromatic heterocycles. The second-order valence-corrected chi connectivity index (χ2v) is 7.26. The van der Waals surface area contributed by atoms with Crippen LogP contribution in [0, 0.1) is 0 Å². The van der Waals surface area contributed by atoms with Crippen molar-refractivity contribution in [3.05, 3.63) is 95.1 Å². The number of ketones is 1. The van der Waals surface area contributed by atoms with Crippen molar-refractivity contribution in [2.24, 2.45) is 0 Å². The Hall–Kier alpha value is -3.60. The molecule has 1 heterocycles. The Morgan fingerprint density at radius 3 is 2.41 bits per heavy atom. The summed E-state index contributed by atoms with van der Waals surface area (Å²) in [6.07, 6.45) is 1.16. The zero-order chi connectivity index (χ0) is 20.2. The van der Waals surface area contributed by atoms with E-state index in [9.17, 15) is 9.59 Å². The van der Waals surface area contributed by atoms with Gasteiger partial charge in [0.25, 0.3) is 0 Å². The fourth-order valence-corrected chi connectivity index (χ4v) is 3.60. The van der Waals surface area contributed by atoms with Gasteiger partial charge in [-0.25, -0.2) is 4.79 Å². The molecule has 146 valence electrons. The van der Waals surface area contributed by atoms with Crippen LogP contribution >= 0.6 is 0 Å². The number of carbonyl (C=O) groups is 2. The van der Waals surface area contributed by atoms with Crippen LogP contribution in [0.5, 0.6) is 0 Å². The molecule has 0 radical (unpaired) electrons. The van der Waals surface area contributed by atoms with E-state index in [1.54, 1.807) is 23.1 Å². The third-order valence-electron chi connectivity index (χ3n) is 5.24. The van der Waals surface area contributed by atoms with Crippen molar-refractivity contribution < 1.29 is 9.59 Å². The molecule has 4 rings (SSSR count). The first-order valence-corrected chi connectivity index (χ1v) is 9.69. The molecule has 5 heteroatoms. The molecule has 3 N–H and O–H groups in total. The highest BCUT2D eigenvalue weighted by atomic mass is 16.2. The highest BCUT2D eigenvalue weighted by Gasteiger charge is 2.21. The Kier molecular flexibility index (Phi) is 5.29. The molecule has 1 aliphatic rings. The minimum Gasteiger partial charge on any atom is -0.397 e. The molecule has 0 spiro atoms. The van der Waals surface area contributed by atoms with Crippen molar-refractivity contribution in [1.29, 1.82) is 0 Å². The molecular formula is C24H23N3O2. The maximum atomic E-state index is 12.7. The molecule has 0 fully saturated rings. The third kappa shape index (κ3) is 4.29. The number of hydrogen-bond acceptors (Lipinski definition) is 3. The first-order valence-electron chi connectivity index (χ1n) is 9.69. The summed E-state index contributed by atoms with van der Waals surface area (Å²) in [5.74, 6) is -0.00610. The van der Waals surface area contributed by atoms with E-state index in [0.717, 1.165) is 12.0 Å². The Bertz CT molecular complexity index is 1050. The smallest absolute Gasteiger partial charge is 0.322 e. The number of amides is 2. The van der Waals surface area contributed by atoms with Gasteiger partial charge in [0.2, 0.25) is 0 Å². The predicted octanol–water partition coefficient (Wildman–Crippen LogP) is 4.28. The summed E-state index contributed by atoms with van der Waals surface area (Å²) in [5, 5.41) is 2.88. The fourth-order valence-electron chi connectivity index (χ4n) is 3.60. The van der Waals surface area contributed by atoms with Gasteiger partial charge in [-0.05, 0) is 41.3 Å². The Morgan fingerprint density at radius 1 is 0.931 bits per heavy atom. The average molecular weight is 385 g/mol. The highest BCUT2D eigenvalue weighted by Crippen LogP contribution is 2.23. The maximum absolute atomic E-state index is 12.7. The van der Waals surface area contributed by atoms with Crippen molar-refractivity contribution >= 4 is 23.2 Å². The molecule has 0 unspecified atom stereocenters. The standard InChI is InChI=1S/C24H23N3O2/c25-21-15-19(23(28)14-17-6-2-1-3-7-17)10-11-22(21)26-24(29)27-13-12-18-8-4-5-9-20(18)16-27/h1-11,15H,12-14,16,25H2,(H,26,29). The molecule has 0 saturated heterocycles. The summed E-state index contributed by atoms with van der Waals surface area (Å²) in [5.41, 5.74) is 11.0. The summed E-state index contributed by atoms with van der Waals surface area (Å²) in [4.78, 5) is 27.0. The van der Waals surface area contributed by atoms with Crippen molar-refractivity contribution in [2.45, 2.75) is 19.4 Å². The zero-order valence-corrected chi connectivity index (χ0v) is 16.1. The van der Waals surface area contributed by atoms with E-state index in [0.29, 0.717) is 36.4 Å². The Morgan fingerprint density at radius 2 is 1.66 bits per heavy atom. The summed E-state index contributed by atoms with van der Waals surface area (Å²) < 4.78 is 0. The van der Waals surface area contributed by atoms with Crippen molar-refractivity contribution in [2.75, 3.05) is 17.6 Å². The summed E-state index contributed by atoms with van der Waals surface area (Å²) in [7, 11) is 0. The minimum atomic E-state index is -0.186. The quantitative estimate of drug-likeness (QED) is 0.520. The lowest BCUT2D eigenvalue weighted by Gasteiger charge is -2.29. The van der Waals surface area contributed by atoms with Gasteiger partial charge in [0.15, 0.2) is 5.78 Å². The Balaban J connectivity index is 1.42. The topological polar surface area (TPSA) is 75.4 Å². The molecule has 3 aromatic carbocycles. The van der Waals surface area contributed by atoms with Crippen LogP contribution in [0.4, 0.5) is 16.2 Å². The van der Waals surface area contributed by atoms with Crippen LogP contribution in [0.15, 0.2) is 72.8 Å². The number of fused-ring (bicyclic) bond motifs is 1. The lowest BCUT2D eigenvalue weighted by molar-refractivity contribution is 0.0993. The second kappa shape index (κ2) is 8.19. The van der Waals surface area contributed by atoms with E-state index in [4.69, 9.17) is 5.73 Å². The Labute approximate surface area is 170 Å². The van der Waals surface area contributed by atoms with Gasteiger partial charge in [-0.3, -0.25) is 4.79 Å². The average Bonchev–Trinajstić information content (AvgIpc) is 2.75. The number of nitrogens with two attached hydrogens (primary N) is 1. The molecule has 0 bridgehead atoms. The molecule has 1 aliphatic heterocycles. The number of nitrogen functional groups attached to an aromatic ring is 1. The van der Waals surface area contributed by atoms with Gasteiger partial charge in [0.1, 0.15) is 0 Å². The molecule has 0 saturated carbocycles. The van der Waals surface area contributed by atoms with Gasteiger partial charge in [-0.1, -0.05) is 54.6 Å². The van der Waals surface area contributed by atoms with Crippen LogP contribution in [-0.2, 0) is 19.4 Å². The van der Waals surface area contributed by atoms with Crippen LogP contribution < -0.4 is 11.1 Å². The monoisotopic (exact) mass is 385 g/mol. The van der Waals surface area contributed by atoms with Crippen LogP contribution in [0.3, 0.4) is 0 Å². The number of Topliss-reactive ketones (excluding diaryl/α,β-unsaturated/α-hetero) is 1. The van der Waals surface area contributed by atoms with Gasteiger partial charge in [0, 0.05) is 25.1 Å². The number of urea groups is 1. The summed E-state index contributed by atoms with van der Waals surface area (Å²) >= 11 is 0. The van der Waals surface area contributed by atoms with E-state index in [1.165, 1.54) is 11.1 Å². The molecule has 0 atom stereocenters. The lowest BCUT2D eigenvalue weighted by atomic mass is 10.0. The van der Waals surface area contributed by atoms with Gasteiger partial charge in [-0.2, -0.15) is 0 Å². The maximum Gasteiger partial charge on any atom is 0.322 e. The minimum absolute atomic E-state index is 0.00610. The third-order valence-corrected chi connectivity index (χ3v) is 5.24. The van der Waals surface area contributed by atoms with Gasteiger partial charge in [-0.15, -0.1) is 0 Å². The highest BCUT2D eigenvalue weighted by molar-refractivity contribution is 6.00. The second-order valence-electron chi connectivity index (χ2n) is 7.26. The van der Waals surface area contributed by atoms with Crippen molar-refractivity contribution in [3.63, 3.8) is 0 Å². The van der Waals surface area contributed by atoms with E-state index in [2.05, 4.69) is 17.4 Å². The van der Waals surface area contributed by atoms with Crippen molar-refractivity contribution in [3.8, 4) is 0 Å². The first kappa shape index (κ1) is 18.7. The van der Waals surface area contributed by atoms with Gasteiger partial charge >= 0.3 is 6.03 Å². The van der Waals surface area contributed by atoms with Crippen LogP contribution in [0.25, 0.3) is 0 Å². The van der Waals surface area contributed by atoms with Crippen LogP contribution in [0.1, 0.15) is 27.0 Å². The SMILES string of the molecule is Nc1cc(C(=O)Cc2ccccc2)ccc1NC(=O)N1CCc2ccccc2C1. The molecule has 5 nitrogen and oxygen atoms in total. The van der Waals surface area contributed by atoms with Gasteiger partial charge in [0.05, 0.1) is 11.4 Å². The van der Waals surface area contributed by atoms with Gasteiger partial charge < -0.3 is 16.0 Å². The number of hydrogen-bond donors (Lipinski definition) is 2. The van der Waals surface area contributed by atoms with E-state index in [-0.39, 0.29) is 11.8 Å². The largest absolute Gasteiger partial charge is 0.397 e. The zero-order valence-electron chi connectivity index (χ0n) is 16.1. The predicted molar refractivity (Wildman–Crippen MR) is 115 cm³/mol. The number of nitrogens with zero attached hydrogens (tertiary/aromatic N) is 1. The number of rotatable bonds is 4. The summed E-state index contributed by atoms with van der Waals surface area (Å²) in [6.45, 7) is 1.24. The van der Waals surface area contributed by atoms with Crippen LogP contribution in [0.2, 0.25) is 0 Å². The molecule has 2 amide bonds. The number of carbonyl (C=O) groups excluding carboxylic acids is 2.